The Kier molecular flexibility index (Phi) is 5.41. The smallest absolute Gasteiger partial charge is 0.270 e. The number of hydrogen-bond acceptors (Lipinski definition) is 6. The molecule has 0 amide bonds. The molecule has 1 aromatic carbocycles. The Bertz CT molecular complexity index is 840. The summed E-state index contributed by atoms with van der Waals surface area (Å²) in [6, 6.07) is 9.95. The van der Waals surface area contributed by atoms with Crippen molar-refractivity contribution in [1.82, 2.24) is 14.9 Å². The minimum atomic E-state index is -0.392. The molecule has 0 bridgehead atoms. The van der Waals surface area contributed by atoms with Crippen LogP contribution >= 0.6 is 11.8 Å². The fraction of sp³-hybridized carbons (Fsp3) is 0.389. The standard InChI is InChI=1S/C18H21N5OS/c1-22-8-3-9-23(11-10-22)14-6-4-13(5-7-14)16-15(12-19)17(24)21-18(20-16)25-2/h4-7H,3,8-11H2,1-2H3,(H,20,21,24). The third-order valence-corrected chi connectivity index (χ3v) is 5.01. The fourth-order valence-electron chi connectivity index (χ4n) is 3.00. The molecule has 1 aliphatic heterocycles. The van der Waals surface area contributed by atoms with E-state index in [2.05, 4.69) is 26.8 Å². The average Bonchev–Trinajstić information content (AvgIpc) is 2.85. The van der Waals surface area contributed by atoms with Crippen LogP contribution in [0.4, 0.5) is 5.69 Å². The molecule has 130 valence electrons. The lowest BCUT2D eigenvalue weighted by Crippen LogP contribution is -2.28. The molecule has 1 aromatic heterocycles. The molecular weight excluding hydrogens is 334 g/mol. The summed E-state index contributed by atoms with van der Waals surface area (Å²) in [7, 11) is 2.15. The number of likely N-dealkylation sites (N-methyl/N-ethyl adjacent to an activating group) is 1. The molecule has 1 saturated heterocycles. The lowest BCUT2D eigenvalue weighted by molar-refractivity contribution is 0.360. The third kappa shape index (κ3) is 3.86. The number of benzene rings is 1. The molecular formula is C18H21N5OS. The summed E-state index contributed by atoms with van der Waals surface area (Å²) in [4.78, 5) is 23.8. The van der Waals surface area contributed by atoms with Crippen molar-refractivity contribution in [2.75, 3.05) is 44.4 Å². The van der Waals surface area contributed by atoms with Crippen LogP contribution in [0.25, 0.3) is 11.3 Å². The number of H-pyrrole nitrogens is 1. The molecule has 0 radical (unpaired) electrons. The summed E-state index contributed by atoms with van der Waals surface area (Å²) in [5.74, 6) is 0. The van der Waals surface area contributed by atoms with Crippen molar-refractivity contribution in [3.05, 3.63) is 40.2 Å². The van der Waals surface area contributed by atoms with Crippen LogP contribution < -0.4 is 10.5 Å². The molecule has 0 aliphatic carbocycles. The highest BCUT2D eigenvalue weighted by molar-refractivity contribution is 7.98. The zero-order valence-corrected chi connectivity index (χ0v) is 15.3. The Balaban J connectivity index is 1.92. The summed E-state index contributed by atoms with van der Waals surface area (Å²) in [5, 5.41) is 9.82. The van der Waals surface area contributed by atoms with Gasteiger partial charge in [-0.05, 0) is 38.4 Å². The maximum atomic E-state index is 12.1. The highest BCUT2D eigenvalue weighted by Crippen LogP contribution is 2.25. The van der Waals surface area contributed by atoms with Crippen molar-refractivity contribution in [1.29, 1.82) is 5.26 Å². The fourth-order valence-corrected chi connectivity index (χ4v) is 3.37. The van der Waals surface area contributed by atoms with E-state index in [-0.39, 0.29) is 5.56 Å². The van der Waals surface area contributed by atoms with Crippen LogP contribution in [0, 0.1) is 11.3 Å². The van der Waals surface area contributed by atoms with Gasteiger partial charge in [-0.25, -0.2) is 4.98 Å². The van der Waals surface area contributed by atoms with E-state index in [9.17, 15) is 10.1 Å². The number of anilines is 1. The van der Waals surface area contributed by atoms with E-state index >= 15 is 0 Å². The number of rotatable bonds is 3. The van der Waals surface area contributed by atoms with Gasteiger partial charge in [-0.3, -0.25) is 4.79 Å². The maximum absolute atomic E-state index is 12.1. The Morgan fingerprint density at radius 2 is 1.96 bits per heavy atom. The van der Waals surface area contributed by atoms with Crippen molar-refractivity contribution in [2.24, 2.45) is 0 Å². The Hall–Kier alpha value is -2.30. The summed E-state index contributed by atoms with van der Waals surface area (Å²) in [6.07, 6.45) is 2.98. The van der Waals surface area contributed by atoms with Crippen LogP contribution in [-0.4, -0.2) is 54.4 Å². The molecule has 6 nitrogen and oxygen atoms in total. The van der Waals surface area contributed by atoms with Gasteiger partial charge in [0.15, 0.2) is 5.16 Å². The van der Waals surface area contributed by atoms with E-state index in [4.69, 9.17) is 0 Å². The van der Waals surface area contributed by atoms with Gasteiger partial charge < -0.3 is 14.8 Å². The molecule has 1 N–H and O–H groups in total. The first-order valence-electron chi connectivity index (χ1n) is 8.24. The zero-order valence-electron chi connectivity index (χ0n) is 14.5. The van der Waals surface area contributed by atoms with Gasteiger partial charge in [-0.2, -0.15) is 5.26 Å². The Morgan fingerprint density at radius 3 is 2.64 bits per heavy atom. The van der Waals surface area contributed by atoms with Crippen LogP contribution in [0.2, 0.25) is 0 Å². The largest absolute Gasteiger partial charge is 0.370 e. The van der Waals surface area contributed by atoms with Crippen molar-refractivity contribution >= 4 is 17.4 Å². The van der Waals surface area contributed by atoms with Gasteiger partial charge in [0, 0.05) is 30.9 Å². The molecule has 0 saturated carbocycles. The highest BCUT2D eigenvalue weighted by atomic mass is 32.2. The lowest BCUT2D eigenvalue weighted by Gasteiger charge is -2.23. The quantitative estimate of drug-likeness (QED) is 0.672. The van der Waals surface area contributed by atoms with Crippen LogP contribution in [0.15, 0.2) is 34.2 Å². The molecule has 2 aromatic rings. The van der Waals surface area contributed by atoms with Crippen LogP contribution in [0.1, 0.15) is 12.0 Å². The van der Waals surface area contributed by atoms with Gasteiger partial charge in [0.1, 0.15) is 11.6 Å². The van der Waals surface area contributed by atoms with Crippen LogP contribution in [-0.2, 0) is 0 Å². The normalized spacial score (nSPS) is 15.6. The van der Waals surface area contributed by atoms with Gasteiger partial charge in [-0.1, -0.05) is 23.9 Å². The molecule has 25 heavy (non-hydrogen) atoms. The Morgan fingerprint density at radius 1 is 1.20 bits per heavy atom. The summed E-state index contributed by atoms with van der Waals surface area (Å²) in [6.45, 7) is 4.20. The molecule has 0 atom stereocenters. The summed E-state index contributed by atoms with van der Waals surface area (Å²) < 4.78 is 0. The second kappa shape index (κ2) is 7.72. The van der Waals surface area contributed by atoms with Gasteiger partial charge >= 0.3 is 0 Å². The van der Waals surface area contributed by atoms with E-state index in [1.54, 1.807) is 0 Å². The molecule has 7 heteroatoms. The number of thioether (sulfide) groups is 1. The summed E-state index contributed by atoms with van der Waals surface area (Å²) in [5.41, 5.74) is 2.05. The first-order valence-corrected chi connectivity index (χ1v) is 9.47. The van der Waals surface area contributed by atoms with Crippen LogP contribution in [0.5, 0.6) is 0 Å². The zero-order chi connectivity index (χ0) is 17.8. The van der Waals surface area contributed by atoms with E-state index in [0.29, 0.717) is 10.9 Å². The number of nitrogens with one attached hydrogen (secondary N) is 1. The van der Waals surface area contributed by atoms with Crippen molar-refractivity contribution < 1.29 is 0 Å². The molecule has 2 heterocycles. The molecule has 1 fully saturated rings. The van der Waals surface area contributed by atoms with E-state index < -0.39 is 5.56 Å². The van der Waals surface area contributed by atoms with Crippen LogP contribution in [0.3, 0.4) is 0 Å². The maximum Gasteiger partial charge on any atom is 0.270 e. The third-order valence-electron chi connectivity index (χ3n) is 4.43. The van der Waals surface area contributed by atoms with E-state index in [0.717, 1.165) is 43.9 Å². The van der Waals surface area contributed by atoms with Gasteiger partial charge in [-0.15, -0.1) is 0 Å². The monoisotopic (exact) mass is 355 g/mol. The lowest BCUT2D eigenvalue weighted by atomic mass is 10.1. The van der Waals surface area contributed by atoms with Crippen molar-refractivity contribution in [2.45, 2.75) is 11.6 Å². The molecule has 0 unspecified atom stereocenters. The summed E-state index contributed by atoms with van der Waals surface area (Å²) >= 11 is 1.35. The number of nitriles is 1. The first-order chi connectivity index (χ1) is 12.1. The van der Waals surface area contributed by atoms with Gasteiger partial charge in [0.2, 0.25) is 0 Å². The second-order valence-corrected chi connectivity index (χ2v) is 6.90. The number of hydrogen-bond donors (Lipinski definition) is 1. The van der Waals surface area contributed by atoms with Crippen molar-refractivity contribution in [3.8, 4) is 17.3 Å². The topological polar surface area (TPSA) is 76.0 Å². The van der Waals surface area contributed by atoms with E-state index in [1.807, 2.05) is 36.6 Å². The predicted molar refractivity (Wildman–Crippen MR) is 101 cm³/mol. The molecule has 1 aliphatic rings. The van der Waals surface area contributed by atoms with Crippen molar-refractivity contribution in [3.63, 3.8) is 0 Å². The average molecular weight is 355 g/mol. The first kappa shape index (κ1) is 17.5. The van der Waals surface area contributed by atoms with Gasteiger partial charge in [0.05, 0.1) is 5.69 Å². The Labute approximate surface area is 151 Å². The minimum absolute atomic E-state index is 0.0574. The number of aromatic amines is 1. The number of nitrogens with zero attached hydrogens (tertiary/aromatic N) is 4. The molecule has 0 spiro atoms. The minimum Gasteiger partial charge on any atom is -0.370 e. The van der Waals surface area contributed by atoms with E-state index in [1.165, 1.54) is 11.8 Å². The predicted octanol–water partition coefficient (Wildman–Crippen LogP) is 2.17. The SMILES string of the molecule is CSc1nc(-c2ccc(N3CCCN(C)CC3)cc2)c(C#N)c(=O)[nH]1. The molecule has 3 rings (SSSR count). The second-order valence-electron chi connectivity index (χ2n) is 6.10. The highest BCUT2D eigenvalue weighted by Gasteiger charge is 2.15. The number of aromatic nitrogens is 2. The van der Waals surface area contributed by atoms with Gasteiger partial charge in [0.25, 0.3) is 5.56 Å².